The predicted molar refractivity (Wildman–Crippen MR) is 67.7 cm³/mol. The van der Waals surface area contributed by atoms with Crippen LogP contribution in [-0.2, 0) is 4.79 Å². The minimum Gasteiger partial charge on any atom is -0.481 e. The molecule has 0 aromatic carbocycles. The van der Waals surface area contributed by atoms with Crippen molar-refractivity contribution >= 4 is 5.97 Å². The predicted octanol–water partition coefficient (Wildman–Crippen LogP) is 2.93. The second-order valence-corrected chi connectivity index (χ2v) is 6.35. The van der Waals surface area contributed by atoms with Crippen LogP contribution in [0.15, 0.2) is 0 Å². The number of carbonyl (C=O) groups is 1. The van der Waals surface area contributed by atoms with Gasteiger partial charge in [-0.2, -0.15) is 0 Å². The molecule has 17 heavy (non-hydrogen) atoms. The Balaban J connectivity index is 2.24. The minimum atomic E-state index is -0.575. The highest BCUT2D eigenvalue weighted by Gasteiger charge is 2.54. The average molecular weight is 239 g/mol. The van der Waals surface area contributed by atoms with Gasteiger partial charge >= 0.3 is 5.97 Å². The first kappa shape index (κ1) is 12.9. The van der Waals surface area contributed by atoms with Crippen LogP contribution in [-0.4, -0.2) is 17.1 Å². The number of hydrogen-bond acceptors (Lipinski definition) is 2. The monoisotopic (exact) mass is 239 g/mol. The van der Waals surface area contributed by atoms with E-state index in [1.807, 2.05) is 0 Å². The third-order valence-electron chi connectivity index (χ3n) is 5.41. The molecular formula is C14H25NO2. The Morgan fingerprint density at radius 2 is 1.65 bits per heavy atom. The Kier molecular flexibility index (Phi) is 3.48. The molecule has 0 aliphatic heterocycles. The number of carboxylic acid groups (broad SMARTS) is 1. The number of carboxylic acids is 1. The molecule has 0 saturated heterocycles. The van der Waals surface area contributed by atoms with E-state index < -0.39 is 11.4 Å². The second-order valence-electron chi connectivity index (χ2n) is 6.35. The van der Waals surface area contributed by atoms with E-state index in [1.165, 1.54) is 19.3 Å². The van der Waals surface area contributed by atoms with Gasteiger partial charge in [0.25, 0.3) is 0 Å². The quantitative estimate of drug-likeness (QED) is 0.778. The summed E-state index contributed by atoms with van der Waals surface area (Å²) in [5.74, 6) is -0.575. The summed E-state index contributed by atoms with van der Waals surface area (Å²) in [5, 5.41) is 9.75. The summed E-state index contributed by atoms with van der Waals surface area (Å²) in [6.45, 7) is 2.21. The van der Waals surface area contributed by atoms with E-state index in [4.69, 9.17) is 5.73 Å². The van der Waals surface area contributed by atoms with Crippen LogP contribution in [0.3, 0.4) is 0 Å². The van der Waals surface area contributed by atoms with Crippen LogP contribution in [0.1, 0.15) is 64.7 Å². The lowest BCUT2D eigenvalue weighted by Gasteiger charge is -2.51. The maximum atomic E-state index is 11.8. The standard InChI is InChI=1S/C14H25NO2/c1-13(7-3-2-4-8-13)14(12(16)17)9-5-11(15)6-10-14/h11H,2-10,15H2,1H3,(H,16,17). The largest absolute Gasteiger partial charge is 0.481 e. The zero-order valence-corrected chi connectivity index (χ0v) is 10.9. The van der Waals surface area contributed by atoms with Crippen molar-refractivity contribution in [1.82, 2.24) is 0 Å². The summed E-state index contributed by atoms with van der Waals surface area (Å²) >= 11 is 0. The molecule has 0 heterocycles. The van der Waals surface area contributed by atoms with Crippen LogP contribution in [0.2, 0.25) is 0 Å². The van der Waals surface area contributed by atoms with Crippen LogP contribution in [0, 0.1) is 10.8 Å². The molecule has 3 heteroatoms. The van der Waals surface area contributed by atoms with Crippen molar-refractivity contribution in [2.24, 2.45) is 16.6 Å². The minimum absolute atomic E-state index is 0.00275. The topological polar surface area (TPSA) is 63.3 Å². The SMILES string of the molecule is CC1(C2(C(=O)O)CCC(N)CC2)CCCCC1. The van der Waals surface area contributed by atoms with Crippen LogP contribution in [0.5, 0.6) is 0 Å². The molecule has 2 rings (SSSR count). The van der Waals surface area contributed by atoms with Gasteiger partial charge in [-0.05, 0) is 43.9 Å². The number of aliphatic carboxylic acids is 1. The van der Waals surface area contributed by atoms with E-state index in [1.54, 1.807) is 0 Å². The van der Waals surface area contributed by atoms with Gasteiger partial charge in [-0.25, -0.2) is 0 Å². The Bertz CT molecular complexity index is 287. The van der Waals surface area contributed by atoms with Gasteiger partial charge < -0.3 is 10.8 Å². The molecule has 0 radical (unpaired) electrons. The van der Waals surface area contributed by atoms with Crippen molar-refractivity contribution in [3.05, 3.63) is 0 Å². The van der Waals surface area contributed by atoms with Crippen molar-refractivity contribution < 1.29 is 9.90 Å². The van der Waals surface area contributed by atoms with Crippen molar-refractivity contribution in [3.63, 3.8) is 0 Å². The van der Waals surface area contributed by atoms with Crippen LogP contribution in [0.4, 0.5) is 0 Å². The molecule has 2 aliphatic rings. The number of nitrogens with two attached hydrogens (primary N) is 1. The van der Waals surface area contributed by atoms with Gasteiger partial charge in [0, 0.05) is 6.04 Å². The Morgan fingerprint density at radius 1 is 1.12 bits per heavy atom. The Morgan fingerprint density at radius 3 is 2.12 bits per heavy atom. The fourth-order valence-corrected chi connectivity index (χ4v) is 4.02. The first-order valence-electron chi connectivity index (χ1n) is 6.99. The Labute approximate surface area is 104 Å². The number of hydrogen-bond donors (Lipinski definition) is 2. The molecule has 2 saturated carbocycles. The van der Waals surface area contributed by atoms with Crippen LogP contribution >= 0.6 is 0 Å². The van der Waals surface area contributed by atoms with Crippen molar-refractivity contribution in [3.8, 4) is 0 Å². The summed E-state index contributed by atoms with van der Waals surface area (Å²) in [7, 11) is 0. The molecule has 0 unspecified atom stereocenters. The van der Waals surface area contributed by atoms with Crippen LogP contribution < -0.4 is 5.73 Å². The normalized spacial score (nSPS) is 37.6. The molecule has 0 amide bonds. The van der Waals surface area contributed by atoms with Crippen molar-refractivity contribution in [2.45, 2.75) is 70.8 Å². The van der Waals surface area contributed by atoms with E-state index in [0.29, 0.717) is 0 Å². The highest BCUT2D eigenvalue weighted by molar-refractivity contribution is 5.76. The second kappa shape index (κ2) is 4.60. The third-order valence-corrected chi connectivity index (χ3v) is 5.41. The van der Waals surface area contributed by atoms with Gasteiger partial charge in [-0.1, -0.05) is 26.2 Å². The summed E-state index contributed by atoms with van der Waals surface area (Å²) in [4.78, 5) is 11.8. The molecule has 2 fully saturated rings. The zero-order chi connectivity index (χ0) is 12.5. The maximum absolute atomic E-state index is 11.8. The molecule has 3 N–H and O–H groups in total. The average Bonchev–Trinajstić information content (AvgIpc) is 2.30. The van der Waals surface area contributed by atoms with Gasteiger partial charge in [-0.3, -0.25) is 4.79 Å². The molecule has 0 aromatic rings. The molecule has 0 atom stereocenters. The summed E-state index contributed by atoms with van der Waals surface area (Å²) in [6.07, 6.45) is 9.12. The van der Waals surface area contributed by atoms with E-state index >= 15 is 0 Å². The highest BCUT2D eigenvalue weighted by Crippen LogP contribution is 2.56. The van der Waals surface area contributed by atoms with E-state index in [-0.39, 0.29) is 11.5 Å². The first-order valence-corrected chi connectivity index (χ1v) is 6.99. The van der Waals surface area contributed by atoms with Crippen molar-refractivity contribution in [2.75, 3.05) is 0 Å². The molecule has 3 nitrogen and oxygen atoms in total. The number of rotatable bonds is 2. The molecule has 98 valence electrons. The summed E-state index contributed by atoms with van der Waals surface area (Å²) in [5.41, 5.74) is 5.44. The smallest absolute Gasteiger partial charge is 0.310 e. The van der Waals surface area contributed by atoms with Gasteiger partial charge in [0.2, 0.25) is 0 Å². The lowest BCUT2D eigenvalue weighted by molar-refractivity contribution is -0.164. The molecular weight excluding hydrogens is 214 g/mol. The summed E-state index contributed by atoms with van der Waals surface area (Å²) < 4.78 is 0. The first-order chi connectivity index (χ1) is 8.00. The molecule has 0 aromatic heterocycles. The molecule has 0 spiro atoms. The van der Waals surface area contributed by atoms with Gasteiger partial charge in [0.05, 0.1) is 5.41 Å². The summed E-state index contributed by atoms with van der Waals surface area (Å²) in [6, 6.07) is 0.217. The highest BCUT2D eigenvalue weighted by atomic mass is 16.4. The van der Waals surface area contributed by atoms with Gasteiger partial charge in [0.1, 0.15) is 0 Å². The Hall–Kier alpha value is -0.570. The van der Waals surface area contributed by atoms with E-state index in [9.17, 15) is 9.90 Å². The molecule has 2 aliphatic carbocycles. The lowest BCUT2D eigenvalue weighted by Crippen LogP contribution is -2.51. The van der Waals surface area contributed by atoms with E-state index in [0.717, 1.165) is 38.5 Å². The van der Waals surface area contributed by atoms with E-state index in [2.05, 4.69) is 6.92 Å². The molecule has 0 bridgehead atoms. The maximum Gasteiger partial charge on any atom is 0.310 e. The lowest BCUT2D eigenvalue weighted by atomic mass is 9.52. The zero-order valence-electron chi connectivity index (χ0n) is 10.9. The fraction of sp³-hybridized carbons (Fsp3) is 0.929. The van der Waals surface area contributed by atoms with Gasteiger partial charge in [0.15, 0.2) is 0 Å². The van der Waals surface area contributed by atoms with Gasteiger partial charge in [-0.15, -0.1) is 0 Å². The van der Waals surface area contributed by atoms with Crippen LogP contribution in [0.25, 0.3) is 0 Å². The fourth-order valence-electron chi connectivity index (χ4n) is 4.02. The third kappa shape index (κ3) is 2.10. The van der Waals surface area contributed by atoms with Crippen molar-refractivity contribution in [1.29, 1.82) is 0 Å².